The normalized spacial score (nSPS) is 20.4. The van der Waals surface area contributed by atoms with Gasteiger partial charge in [-0.25, -0.2) is 4.98 Å². The maximum atomic E-state index is 4.88. The molecule has 0 aliphatic carbocycles. The van der Waals surface area contributed by atoms with Gasteiger partial charge in [0.1, 0.15) is 0 Å². The fraction of sp³-hybridized carbons (Fsp3) is 0.632. The van der Waals surface area contributed by atoms with E-state index in [4.69, 9.17) is 4.99 Å². The van der Waals surface area contributed by atoms with Gasteiger partial charge in [-0.2, -0.15) is 5.10 Å². The van der Waals surface area contributed by atoms with E-state index in [1.807, 2.05) is 18.7 Å². The zero-order valence-corrected chi connectivity index (χ0v) is 18.9. The Bertz CT molecular complexity index is 695. The Labute approximate surface area is 179 Å². The molecular formula is C19H32IN7. The number of imidazole rings is 1. The van der Waals surface area contributed by atoms with Crippen LogP contribution in [0.5, 0.6) is 0 Å². The molecule has 150 valence electrons. The van der Waals surface area contributed by atoms with E-state index in [2.05, 4.69) is 56.9 Å². The van der Waals surface area contributed by atoms with Gasteiger partial charge in [-0.1, -0.05) is 6.92 Å². The third kappa shape index (κ3) is 5.70. The summed E-state index contributed by atoms with van der Waals surface area (Å²) in [5, 5.41) is 10.6. The van der Waals surface area contributed by atoms with Crippen LogP contribution in [-0.2, 0) is 6.42 Å². The summed E-state index contributed by atoms with van der Waals surface area (Å²) < 4.78 is 2.24. The Morgan fingerprint density at radius 3 is 2.96 bits per heavy atom. The number of aromatic amines is 1. The first-order valence-corrected chi connectivity index (χ1v) is 9.68. The second-order valence-electron chi connectivity index (χ2n) is 7.15. The Morgan fingerprint density at radius 1 is 1.44 bits per heavy atom. The maximum Gasteiger partial charge on any atom is 0.193 e. The number of halogens is 1. The lowest BCUT2D eigenvalue weighted by Gasteiger charge is -2.39. The van der Waals surface area contributed by atoms with Gasteiger partial charge in [0.2, 0.25) is 0 Å². The fourth-order valence-electron chi connectivity index (χ4n) is 3.60. The SMILES string of the molecule is CCNC(=NCCCc1cn[nH]c1C)N1CCC(C)C(n2ccnc2)C1.I. The molecule has 0 radical (unpaired) electrons. The van der Waals surface area contributed by atoms with Gasteiger partial charge in [-0.05, 0) is 44.6 Å². The molecule has 8 heteroatoms. The van der Waals surface area contributed by atoms with Crippen molar-refractivity contribution in [3.8, 4) is 0 Å². The molecule has 1 fully saturated rings. The monoisotopic (exact) mass is 485 g/mol. The summed E-state index contributed by atoms with van der Waals surface area (Å²) in [6.45, 7) is 10.3. The first-order chi connectivity index (χ1) is 12.7. The molecule has 0 amide bonds. The number of nitrogens with zero attached hydrogens (tertiary/aromatic N) is 5. The van der Waals surface area contributed by atoms with Crippen LogP contribution >= 0.6 is 24.0 Å². The Hall–Kier alpha value is -1.58. The minimum Gasteiger partial charge on any atom is -0.357 e. The van der Waals surface area contributed by atoms with Crippen LogP contribution < -0.4 is 5.32 Å². The zero-order chi connectivity index (χ0) is 18.4. The predicted octanol–water partition coefficient (Wildman–Crippen LogP) is 3.01. The summed E-state index contributed by atoms with van der Waals surface area (Å²) in [5.41, 5.74) is 2.45. The number of H-pyrrole nitrogens is 1. The van der Waals surface area contributed by atoms with E-state index in [0.717, 1.165) is 50.7 Å². The zero-order valence-electron chi connectivity index (χ0n) is 16.6. The first kappa shape index (κ1) is 21.7. The average molecular weight is 485 g/mol. The van der Waals surface area contributed by atoms with Crippen LogP contribution in [0.3, 0.4) is 0 Å². The number of aryl methyl sites for hydroxylation is 2. The molecule has 27 heavy (non-hydrogen) atoms. The number of rotatable bonds is 6. The lowest BCUT2D eigenvalue weighted by molar-refractivity contribution is 0.189. The van der Waals surface area contributed by atoms with Crippen molar-refractivity contribution in [3.63, 3.8) is 0 Å². The molecule has 2 unspecified atom stereocenters. The number of likely N-dealkylation sites (tertiary alicyclic amines) is 1. The summed E-state index contributed by atoms with van der Waals surface area (Å²) in [6.07, 6.45) is 11.0. The van der Waals surface area contributed by atoms with E-state index in [1.165, 1.54) is 12.0 Å². The third-order valence-electron chi connectivity index (χ3n) is 5.26. The van der Waals surface area contributed by atoms with E-state index < -0.39 is 0 Å². The first-order valence-electron chi connectivity index (χ1n) is 9.68. The topological polar surface area (TPSA) is 74.1 Å². The molecule has 1 aliphatic rings. The number of guanidine groups is 1. The quantitative estimate of drug-likeness (QED) is 0.286. The smallest absolute Gasteiger partial charge is 0.193 e. The summed E-state index contributed by atoms with van der Waals surface area (Å²) in [7, 11) is 0. The van der Waals surface area contributed by atoms with Gasteiger partial charge in [0.15, 0.2) is 5.96 Å². The molecule has 3 rings (SSSR count). The molecule has 0 bridgehead atoms. The maximum absolute atomic E-state index is 4.88. The fourth-order valence-corrected chi connectivity index (χ4v) is 3.60. The molecule has 1 aliphatic heterocycles. The van der Waals surface area contributed by atoms with Crippen LogP contribution in [-0.4, -0.2) is 56.8 Å². The van der Waals surface area contributed by atoms with Crippen LogP contribution in [0, 0.1) is 12.8 Å². The molecular weight excluding hydrogens is 453 g/mol. The van der Waals surface area contributed by atoms with Crippen LogP contribution in [0.4, 0.5) is 0 Å². The van der Waals surface area contributed by atoms with Crippen molar-refractivity contribution in [2.24, 2.45) is 10.9 Å². The molecule has 7 nitrogen and oxygen atoms in total. The predicted molar refractivity (Wildman–Crippen MR) is 120 cm³/mol. The van der Waals surface area contributed by atoms with Crippen molar-refractivity contribution in [3.05, 3.63) is 36.2 Å². The minimum atomic E-state index is 0. The highest BCUT2D eigenvalue weighted by Crippen LogP contribution is 2.27. The van der Waals surface area contributed by atoms with Gasteiger partial charge in [-0.3, -0.25) is 10.1 Å². The number of nitrogens with one attached hydrogen (secondary N) is 2. The lowest BCUT2D eigenvalue weighted by Crippen LogP contribution is -2.49. The molecule has 2 N–H and O–H groups in total. The summed E-state index contributed by atoms with van der Waals surface area (Å²) in [6, 6.07) is 0.448. The van der Waals surface area contributed by atoms with E-state index >= 15 is 0 Å². The molecule has 3 heterocycles. The van der Waals surface area contributed by atoms with Crippen molar-refractivity contribution in [1.29, 1.82) is 0 Å². The number of hydrogen-bond acceptors (Lipinski definition) is 3. The minimum absolute atomic E-state index is 0. The van der Waals surface area contributed by atoms with Crippen molar-refractivity contribution in [2.45, 2.75) is 46.1 Å². The van der Waals surface area contributed by atoms with Crippen molar-refractivity contribution in [1.82, 2.24) is 30.0 Å². The standard InChI is InChI=1S/C19H31N7.HI/c1-4-21-19(22-8-5-6-17-12-23-24-16(17)3)25-10-7-15(2)18(13-25)26-11-9-20-14-26;/h9,11-12,14-15,18H,4-8,10,13H2,1-3H3,(H,21,22)(H,23,24);1H. The van der Waals surface area contributed by atoms with Crippen molar-refractivity contribution < 1.29 is 0 Å². The highest BCUT2D eigenvalue weighted by atomic mass is 127. The Morgan fingerprint density at radius 2 is 2.30 bits per heavy atom. The molecule has 0 saturated carbocycles. The van der Waals surface area contributed by atoms with Crippen LogP contribution in [0.1, 0.15) is 44.0 Å². The number of aliphatic imine (C=N–C) groups is 1. The average Bonchev–Trinajstić information content (AvgIpc) is 3.30. The molecule has 2 atom stereocenters. The van der Waals surface area contributed by atoms with Gasteiger partial charge in [0.05, 0.1) is 18.6 Å². The van der Waals surface area contributed by atoms with E-state index in [1.54, 1.807) is 0 Å². The molecule has 0 aromatic carbocycles. The van der Waals surface area contributed by atoms with Crippen molar-refractivity contribution in [2.75, 3.05) is 26.2 Å². The molecule has 2 aromatic rings. The number of aromatic nitrogens is 4. The Kier molecular flexibility index (Phi) is 8.59. The van der Waals surface area contributed by atoms with E-state index in [0.29, 0.717) is 12.0 Å². The van der Waals surface area contributed by atoms with Gasteiger partial charge in [0, 0.05) is 44.3 Å². The highest BCUT2D eigenvalue weighted by molar-refractivity contribution is 14.0. The third-order valence-corrected chi connectivity index (χ3v) is 5.26. The van der Waals surface area contributed by atoms with Crippen LogP contribution in [0.2, 0.25) is 0 Å². The summed E-state index contributed by atoms with van der Waals surface area (Å²) in [4.78, 5) is 11.5. The Balaban J connectivity index is 0.00000261. The second kappa shape index (κ2) is 10.7. The van der Waals surface area contributed by atoms with E-state index in [9.17, 15) is 0 Å². The van der Waals surface area contributed by atoms with Gasteiger partial charge in [0.25, 0.3) is 0 Å². The van der Waals surface area contributed by atoms with Crippen LogP contribution in [0.15, 0.2) is 29.9 Å². The lowest BCUT2D eigenvalue weighted by atomic mass is 9.93. The summed E-state index contributed by atoms with van der Waals surface area (Å²) >= 11 is 0. The largest absolute Gasteiger partial charge is 0.357 e. The van der Waals surface area contributed by atoms with Crippen LogP contribution in [0.25, 0.3) is 0 Å². The summed E-state index contributed by atoms with van der Waals surface area (Å²) in [5.74, 6) is 1.68. The highest BCUT2D eigenvalue weighted by Gasteiger charge is 2.28. The number of piperidine rings is 1. The molecule has 0 spiro atoms. The van der Waals surface area contributed by atoms with Gasteiger partial charge in [-0.15, -0.1) is 24.0 Å². The molecule has 1 saturated heterocycles. The van der Waals surface area contributed by atoms with Crippen molar-refractivity contribution >= 4 is 29.9 Å². The van der Waals surface area contributed by atoms with E-state index in [-0.39, 0.29) is 24.0 Å². The number of hydrogen-bond donors (Lipinski definition) is 2. The van der Waals surface area contributed by atoms with Gasteiger partial charge >= 0.3 is 0 Å². The second-order valence-corrected chi connectivity index (χ2v) is 7.15. The molecule has 2 aromatic heterocycles. The van der Waals surface area contributed by atoms with Gasteiger partial charge < -0.3 is 14.8 Å².